The summed E-state index contributed by atoms with van der Waals surface area (Å²) < 4.78 is 0. The quantitative estimate of drug-likeness (QED) is 0.764. The highest BCUT2D eigenvalue weighted by molar-refractivity contribution is 5.99. The Hall–Kier alpha value is -1.31. The molecule has 0 spiro atoms. The number of carbonyl (C=O) groups is 1. The van der Waals surface area contributed by atoms with Crippen LogP contribution in [0, 0.1) is 30.1 Å². The minimum atomic E-state index is 0.000105. The van der Waals surface area contributed by atoms with Crippen LogP contribution < -0.4 is 4.90 Å². The minimum Gasteiger partial charge on any atom is -0.311 e. The van der Waals surface area contributed by atoms with Crippen molar-refractivity contribution < 1.29 is 4.79 Å². The van der Waals surface area contributed by atoms with Crippen LogP contribution in [0.1, 0.15) is 49.7 Å². The number of benzene rings is 1. The number of nitrogens with zero attached hydrogens (tertiary/aromatic N) is 1. The maximum Gasteiger partial charge on any atom is 0.233 e. The zero-order chi connectivity index (χ0) is 14.9. The number of amides is 1. The van der Waals surface area contributed by atoms with E-state index in [-0.39, 0.29) is 5.41 Å². The van der Waals surface area contributed by atoms with Gasteiger partial charge in [-0.2, -0.15) is 0 Å². The Labute approximate surface area is 132 Å². The van der Waals surface area contributed by atoms with Crippen molar-refractivity contribution in [1.29, 1.82) is 0 Å². The van der Waals surface area contributed by atoms with Gasteiger partial charge in [0.25, 0.3) is 0 Å². The molecule has 1 amide bonds. The van der Waals surface area contributed by atoms with E-state index in [1.165, 1.54) is 55.3 Å². The number of hydrogen-bond acceptors (Lipinski definition) is 1. The van der Waals surface area contributed by atoms with E-state index < -0.39 is 0 Å². The summed E-state index contributed by atoms with van der Waals surface area (Å²) in [5.74, 6) is 3.00. The molecule has 0 radical (unpaired) electrons. The van der Waals surface area contributed by atoms with Gasteiger partial charge in [-0.05, 0) is 86.8 Å². The molecule has 1 aromatic rings. The summed E-state index contributed by atoms with van der Waals surface area (Å²) in [6.07, 6.45) is 8.78. The summed E-state index contributed by atoms with van der Waals surface area (Å²) >= 11 is 0. The van der Waals surface area contributed by atoms with Crippen molar-refractivity contribution in [2.45, 2.75) is 51.9 Å². The Morgan fingerprint density at radius 3 is 2.36 bits per heavy atom. The predicted octanol–water partition coefficient (Wildman–Crippen LogP) is 4.10. The first-order valence-corrected chi connectivity index (χ1v) is 9.04. The van der Waals surface area contributed by atoms with Crippen LogP contribution >= 0.6 is 0 Å². The van der Waals surface area contributed by atoms with Crippen LogP contribution in [0.5, 0.6) is 0 Å². The summed E-state index contributed by atoms with van der Waals surface area (Å²) in [5, 5.41) is 0. The Bertz CT molecular complexity index is 612. The molecule has 0 unspecified atom stereocenters. The van der Waals surface area contributed by atoms with Crippen LogP contribution in [0.25, 0.3) is 0 Å². The molecule has 4 aliphatic carbocycles. The molecule has 6 rings (SSSR count). The van der Waals surface area contributed by atoms with Crippen molar-refractivity contribution in [3.05, 3.63) is 29.3 Å². The predicted molar refractivity (Wildman–Crippen MR) is 87.8 cm³/mol. The number of aryl methyl sites for hydroxylation is 1. The fraction of sp³-hybridized carbons (Fsp3) is 0.650. The molecule has 4 fully saturated rings. The average Bonchev–Trinajstić information content (AvgIpc) is 2.87. The highest BCUT2D eigenvalue weighted by Crippen LogP contribution is 2.61. The van der Waals surface area contributed by atoms with Crippen molar-refractivity contribution >= 4 is 11.6 Å². The second-order valence-electron chi connectivity index (χ2n) is 8.54. The van der Waals surface area contributed by atoms with E-state index in [0.717, 1.165) is 30.7 Å². The lowest BCUT2D eigenvalue weighted by Crippen LogP contribution is -2.54. The summed E-state index contributed by atoms with van der Waals surface area (Å²) in [7, 11) is 0. The summed E-state index contributed by atoms with van der Waals surface area (Å²) in [6, 6.07) is 6.62. The van der Waals surface area contributed by atoms with E-state index in [1.807, 2.05) is 0 Å². The second-order valence-corrected chi connectivity index (χ2v) is 8.54. The molecule has 4 saturated carbocycles. The van der Waals surface area contributed by atoms with Crippen molar-refractivity contribution in [2.24, 2.45) is 23.2 Å². The van der Waals surface area contributed by atoms with Gasteiger partial charge >= 0.3 is 0 Å². The first-order chi connectivity index (χ1) is 10.6. The molecular formula is C20H25NO. The third kappa shape index (κ3) is 1.76. The fourth-order valence-corrected chi connectivity index (χ4v) is 6.36. The third-order valence-corrected chi connectivity index (χ3v) is 6.87. The van der Waals surface area contributed by atoms with Crippen molar-refractivity contribution in [3.63, 3.8) is 0 Å². The van der Waals surface area contributed by atoms with Gasteiger partial charge in [0.05, 0.1) is 5.41 Å². The molecule has 4 bridgehead atoms. The van der Waals surface area contributed by atoms with Gasteiger partial charge in [0, 0.05) is 12.2 Å². The molecule has 0 aromatic heterocycles. The van der Waals surface area contributed by atoms with Crippen molar-refractivity contribution in [1.82, 2.24) is 0 Å². The topological polar surface area (TPSA) is 20.3 Å². The Morgan fingerprint density at radius 1 is 1.09 bits per heavy atom. The number of hydrogen-bond donors (Lipinski definition) is 0. The van der Waals surface area contributed by atoms with Gasteiger partial charge in [-0.25, -0.2) is 0 Å². The first-order valence-electron chi connectivity index (χ1n) is 9.04. The van der Waals surface area contributed by atoms with Crippen LogP contribution in [-0.2, 0) is 11.2 Å². The molecule has 0 N–H and O–H groups in total. The maximum absolute atomic E-state index is 13.5. The van der Waals surface area contributed by atoms with E-state index in [0.29, 0.717) is 5.91 Å². The SMILES string of the molecule is Cc1ccc2c(c1)N(C(=O)C13CC4CC(CC(C4)C1)C3)CC2. The fourth-order valence-electron chi connectivity index (χ4n) is 6.36. The molecule has 116 valence electrons. The summed E-state index contributed by atoms with van der Waals surface area (Å²) in [4.78, 5) is 15.6. The van der Waals surface area contributed by atoms with Gasteiger partial charge in [-0.3, -0.25) is 4.79 Å². The molecule has 2 heteroatoms. The second kappa shape index (κ2) is 4.37. The normalized spacial score (nSPS) is 38.4. The van der Waals surface area contributed by atoms with Crippen LogP contribution in [-0.4, -0.2) is 12.5 Å². The molecule has 5 aliphatic rings. The summed E-state index contributed by atoms with van der Waals surface area (Å²) in [5.41, 5.74) is 3.84. The van der Waals surface area contributed by atoms with Gasteiger partial charge < -0.3 is 4.90 Å². The Balaban J connectivity index is 1.50. The molecule has 0 saturated heterocycles. The first kappa shape index (κ1) is 13.2. The lowest BCUT2D eigenvalue weighted by Gasteiger charge is -2.56. The summed E-state index contributed by atoms with van der Waals surface area (Å²) in [6.45, 7) is 3.03. The zero-order valence-electron chi connectivity index (χ0n) is 13.5. The van der Waals surface area contributed by atoms with E-state index in [4.69, 9.17) is 0 Å². The molecule has 1 aromatic carbocycles. The molecule has 1 aliphatic heterocycles. The van der Waals surface area contributed by atoms with Gasteiger partial charge in [-0.15, -0.1) is 0 Å². The monoisotopic (exact) mass is 295 g/mol. The van der Waals surface area contributed by atoms with Gasteiger partial charge in [0.15, 0.2) is 0 Å². The van der Waals surface area contributed by atoms with Crippen LogP contribution in [0.4, 0.5) is 5.69 Å². The molecule has 0 atom stereocenters. The van der Waals surface area contributed by atoms with Crippen molar-refractivity contribution in [2.75, 3.05) is 11.4 Å². The molecule has 22 heavy (non-hydrogen) atoms. The van der Waals surface area contributed by atoms with E-state index in [9.17, 15) is 4.79 Å². The van der Waals surface area contributed by atoms with Gasteiger partial charge in [0.2, 0.25) is 5.91 Å². The third-order valence-electron chi connectivity index (χ3n) is 6.87. The standard InChI is InChI=1S/C20H25NO/c1-13-2-3-17-4-5-21(18(17)6-13)19(22)20-10-14-7-15(11-20)9-16(8-14)12-20/h2-3,6,14-16H,4-5,7-12H2,1H3. The zero-order valence-corrected chi connectivity index (χ0v) is 13.5. The minimum absolute atomic E-state index is 0.000105. The molecule has 1 heterocycles. The van der Waals surface area contributed by atoms with E-state index in [1.54, 1.807) is 0 Å². The lowest BCUT2D eigenvalue weighted by atomic mass is 9.49. The van der Waals surface area contributed by atoms with Crippen LogP contribution in [0.2, 0.25) is 0 Å². The van der Waals surface area contributed by atoms with Gasteiger partial charge in [0.1, 0.15) is 0 Å². The number of fused-ring (bicyclic) bond motifs is 1. The van der Waals surface area contributed by atoms with E-state index >= 15 is 0 Å². The maximum atomic E-state index is 13.5. The molecular weight excluding hydrogens is 270 g/mol. The van der Waals surface area contributed by atoms with E-state index in [2.05, 4.69) is 30.0 Å². The lowest BCUT2D eigenvalue weighted by molar-refractivity contribution is -0.143. The smallest absolute Gasteiger partial charge is 0.233 e. The number of carbonyl (C=O) groups excluding carboxylic acids is 1. The highest BCUT2D eigenvalue weighted by atomic mass is 16.2. The Kier molecular flexibility index (Phi) is 2.61. The highest BCUT2D eigenvalue weighted by Gasteiger charge is 2.56. The average molecular weight is 295 g/mol. The number of anilines is 1. The Morgan fingerprint density at radius 2 is 1.73 bits per heavy atom. The van der Waals surface area contributed by atoms with Crippen LogP contribution in [0.3, 0.4) is 0 Å². The number of rotatable bonds is 1. The molecule has 2 nitrogen and oxygen atoms in total. The van der Waals surface area contributed by atoms with Gasteiger partial charge in [-0.1, -0.05) is 12.1 Å². The van der Waals surface area contributed by atoms with Crippen LogP contribution in [0.15, 0.2) is 18.2 Å². The largest absolute Gasteiger partial charge is 0.311 e. The van der Waals surface area contributed by atoms with Crippen molar-refractivity contribution in [3.8, 4) is 0 Å².